The molecular formula is C47H51N7O5. The molecule has 1 saturated carbocycles. The molecule has 11 rings (SSSR count). The number of fused-ring (bicyclic) bond motifs is 6. The van der Waals surface area contributed by atoms with Crippen molar-refractivity contribution in [2.75, 3.05) is 55.7 Å². The number of aromatic hydroxyl groups is 1. The van der Waals surface area contributed by atoms with Gasteiger partial charge in [-0.05, 0) is 103 Å². The lowest BCUT2D eigenvalue weighted by Gasteiger charge is -2.54. The Kier molecular flexibility index (Phi) is 8.90. The molecule has 12 nitrogen and oxygen atoms in total. The lowest BCUT2D eigenvalue weighted by molar-refractivity contribution is -0.136. The van der Waals surface area contributed by atoms with E-state index in [1.807, 2.05) is 36.7 Å². The van der Waals surface area contributed by atoms with E-state index in [2.05, 4.69) is 56.4 Å². The van der Waals surface area contributed by atoms with E-state index in [4.69, 9.17) is 14.7 Å². The van der Waals surface area contributed by atoms with Crippen molar-refractivity contribution in [3.63, 3.8) is 0 Å². The fourth-order valence-electron chi connectivity index (χ4n) is 11.7. The molecule has 3 saturated heterocycles. The third kappa shape index (κ3) is 6.42. The molecule has 2 aliphatic carbocycles. The second kappa shape index (κ2) is 14.4. The Morgan fingerprint density at radius 1 is 0.864 bits per heavy atom. The maximum Gasteiger partial charge on any atom is 0.255 e. The molecule has 7 aliphatic rings. The van der Waals surface area contributed by atoms with Crippen LogP contribution in [0.15, 0.2) is 73.1 Å². The van der Waals surface area contributed by atoms with Crippen LogP contribution in [0, 0.1) is 11.3 Å². The fraction of sp³-hybridized carbons (Fsp3) is 0.468. The number of amides is 3. The first-order valence-corrected chi connectivity index (χ1v) is 21.7. The van der Waals surface area contributed by atoms with Gasteiger partial charge < -0.3 is 24.5 Å². The lowest BCUT2D eigenvalue weighted by Crippen LogP contribution is -2.59. The minimum atomic E-state index is -0.634. The van der Waals surface area contributed by atoms with Crippen molar-refractivity contribution in [1.82, 2.24) is 25.1 Å². The summed E-state index contributed by atoms with van der Waals surface area (Å²) in [5.41, 5.74) is 7.81. The van der Waals surface area contributed by atoms with E-state index in [0.717, 1.165) is 80.6 Å². The number of nitrogens with one attached hydrogen (secondary N) is 1. The number of nitrogens with zero attached hydrogens (tertiary/aromatic N) is 6. The number of aryl methyl sites for hydroxylation is 1. The van der Waals surface area contributed by atoms with Gasteiger partial charge in [-0.15, -0.1) is 0 Å². The van der Waals surface area contributed by atoms with Gasteiger partial charge in [0.2, 0.25) is 17.8 Å². The molecule has 4 aromatic rings. The number of phenolic OH excluding ortho intramolecular Hbond substituents is 1. The van der Waals surface area contributed by atoms with Crippen molar-refractivity contribution in [3.05, 3.63) is 106 Å². The summed E-state index contributed by atoms with van der Waals surface area (Å²) in [6.07, 6.45) is 11.6. The number of rotatable bonds is 6. The number of phenols is 1. The van der Waals surface area contributed by atoms with Crippen molar-refractivity contribution < 1.29 is 24.2 Å². The average Bonchev–Trinajstić information content (AvgIpc) is 3.58. The van der Waals surface area contributed by atoms with E-state index in [0.29, 0.717) is 48.1 Å². The Balaban J connectivity index is 0.688. The molecule has 6 heterocycles. The van der Waals surface area contributed by atoms with Gasteiger partial charge in [0.05, 0.1) is 18.3 Å². The maximum absolute atomic E-state index is 13.4. The van der Waals surface area contributed by atoms with Crippen LogP contribution in [-0.4, -0.2) is 101 Å². The molecule has 5 aliphatic heterocycles. The van der Waals surface area contributed by atoms with Gasteiger partial charge in [-0.25, -0.2) is 9.97 Å². The summed E-state index contributed by atoms with van der Waals surface area (Å²) in [4.78, 5) is 56.7. The fourth-order valence-corrected chi connectivity index (χ4v) is 11.7. The van der Waals surface area contributed by atoms with E-state index in [1.54, 1.807) is 4.90 Å². The standard InChI is InChI=1S/C47H51N7O5/c55-34-7-9-36-31(20-34)6-8-35(30-4-2-1-3-5-30)42(36)32-21-48-46(49-22-32)52-27-47(28-52)16-14-29(15-17-47)23-51-18-19-53-33(24-51)26-59-43-38-25-54(40-12-13-41(56)50-44(40)57)45(58)37(38)10-11-39(43)53/h1-5,7,9-11,20-22,29,33,35,40,42,55H,6,8,12-19,23-28H2,(H,50,56,57). The highest BCUT2D eigenvalue weighted by Crippen LogP contribution is 2.49. The smallest absolute Gasteiger partial charge is 0.255 e. The summed E-state index contributed by atoms with van der Waals surface area (Å²) in [6.45, 7) is 6.94. The summed E-state index contributed by atoms with van der Waals surface area (Å²) in [7, 11) is 0. The molecule has 1 spiro atoms. The van der Waals surface area contributed by atoms with Gasteiger partial charge in [0.15, 0.2) is 0 Å². The Hall–Kier alpha value is -5.49. The van der Waals surface area contributed by atoms with E-state index < -0.39 is 11.9 Å². The van der Waals surface area contributed by atoms with E-state index >= 15 is 0 Å². The highest BCUT2D eigenvalue weighted by Gasteiger charge is 2.47. The molecule has 3 aromatic carbocycles. The van der Waals surface area contributed by atoms with Crippen LogP contribution in [0.2, 0.25) is 0 Å². The Morgan fingerprint density at radius 2 is 1.68 bits per heavy atom. The summed E-state index contributed by atoms with van der Waals surface area (Å²) in [5, 5.41) is 12.6. The first-order chi connectivity index (χ1) is 28.8. The monoisotopic (exact) mass is 793 g/mol. The first kappa shape index (κ1) is 36.6. The minimum absolute atomic E-state index is 0.144. The zero-order valence-electron chi connectivity index (χ0n) is 33.4. The summed E-state index contributed by atoms with van der Waals surface area (Å²) in [6, 6.07) is 20.2. The third-order valence-corrected chi connectivity index (χ3v) is 14.8. The molecule has 12 heteroatoms. The van der Waals surface area contributed by atoms with Crippen molar-refractivity contribution in [2.24, 2.45) is 11.3 Å². The molecule has 4 fully saturated rings. The van der Waals surface area contributed by atoms with Crippen LogP contribution in [0.4, 0.5) is 11.6 Å². The summed E-state index contributed by atoms with van der Waals surface area (Å²) < 4.78 is 6.45. The number of piperidine rings is 1. The second-order valence-corrected chi connectivity index (χ2v) is 18.3. The number of carbonyl (C=O) groups is 3. The highest BCUT2D eigenvalue weighted by atomic mass is 16.5. The quantitative estimate of drug-likeness (QED) is 0.246. The number of imide groups is 1. The van der Waals surface area contributed by atoms with Gasteiger partial charge in [0.1, 0.15) is 24.1 Å². The number of hydrogen-bond acceptors (Lipinski definition) is 10. The molecule has 59 heavy (non-hydrogen) atoms. The first-order valence-electron chi connectivity index (χ1n) is 21.7. The molecule has 1 aromatic heterocycles. The van der Waals surface area contributed by atoms with E-state index in [9.17, 15) is 19.5 Å². The SMILES string of the molecule is O=C1CCC(N2Cc3c(ccc4c3OCC3CN(CC5CCC6(CC5)CN(c5ncc(C7c8ccc(O)cc8CCC7c7ccccc7)cn5)C6)CCN43)C2=O)C(=O)N1. The van der Waals surface area contributed by atoms with Crippen LogP contribution in [0.1, 0.15) is 95.0 Å². The maximum atomic E-state index is 13.4. The lowest BCUT2D eigenvalue weighted by atomic mass is 9.66. The van der Waals surface area contributed by atoms with Crippen LogP contribution in [-0.2, 0) is 22.6 Å². The molecular weight excluding hydrogens is 743 g/mol. The molecule has 0 radical (unpaired) electrons. The highest BCUT2D eigenvalue weighted by molar-refractivity contribution is 6.06. The topological polar surface area (TPSA) is 131 Å². The van der Waals surface area contributed by atoms with Crippen molar-refractivity contribution in [1.29, 1.82) is 0 Å². The van der Waals surface area contributed by atoms with Gasteiger partial charge in [-0.1, -0.05) is 36.4 Å². The van der Waals surface area contributed by atoms with Crippen LogP contribution in [0.3, 0.4) is 0 Å². The second-order valence-electron chi connectivity index (χ2n) is 18.3. The zero-order valence-corrected chi connectivity index (χ0v) is 33.4. The van der Waals surface area contributed by atoms with Crippen molar-refractivity contribution in [3.8, 4) is 11.5 Å². The van der Waals surface area contributed by atoms with Crippen molar-refractivity contribution >= 4 is 29.4 Å². The van der Waals surface area contributed by atoms with E-state index in [1.165, 1.54) is 42.4 Å². The number of hydrogen-bond donors (Lipinski definition) is 2. The number of ether oxygens (including phenoxy) is 1. The van der Waals surface area contributed by atoms with Crippen molar-refractivity contribution in [2.45, 2.75) is 81.8 Å². The Labute approximate surface area is 344 Å². The van der Waals surface area contributed by atoms with Crippen LogP contribution < -0.4 is 19.9 Å². The Bertz CT molecular complexity index is 2300. The van der Waals surface area contributed by atoms with Gasteiger partial charge >= 0.3 is 0 Å². The van der Waals surface area contributed by atoms with Crippen LogP contribution in [0.5, 0.6) is 11.5 Å². The largest absolute Gasteiger partial charge is 0.508 e. The number of benzene rings is 3. The molecule has 3 amide bonds. The molecule has 2 N–H and O–H groups in total. The Morgan fingerprint density at radius 3 is 2.47 bits per heavy atom. The predicted octanol–water partition coefficient (Wildman–Crippen LogP) is 5.38. The molecule has 0 bridgehead atoms. The number of aromatic nitrogens is 2. The van der Waals surface area contributed by atoms with Gasteiger partial charge in [-0.2, -0.15) is 0 Å². The number of anilines is 2. The summed E-state index contributed by atoms with van der Waals surface area (Å²) >= 11 is 0. The number of carbonyl (C=O) groups excluding carboxylic acids is 3. The van der Waals surface area contributed by atoms with Gasteiger partial charge in [0, 0.05) is 80.5 Å². The van der Waals surface area contributed by atoms with Crippen LogP contribution >= 0.6 is 0 Å². The molecule has 4 unspecified atom stereocenters. The van der Waals surface area contributed by atoms with E-state index in [-0.39, 0.29) is 30.2 Å². The molecule has 304 valence electrons. The predicted molar refractivity (Wildman–Crippen MR) is 222 cm³/mol. The minimum Gasteiger partial charge on any atom is -0.508 e. The van der Waals surface area contributed by atoms with Gasteiger partial charge in [-0.3, -0.25) is 24.6 Å². The van der Waals surface area contributed by atoms with Crippen LogP contribution in [0.25, 0.3) is 0 Å². The average molecular weight is 794 g/mol. The summed E-state index contributed by atoms with van der Waals surface area (Å²) in [5.74, 6) is 2.26. The zero-order chi connectivity index (χ0) is 39.8. The van der Waals surface area contributed by atoms with Gasteiger partial charge in [0.25, 0.3) is 5.91 Å². The third-order valence-electron chi connectivity index (χ3n) is 14.8. The molecule has 4 atom stereocenters. The normalized spacial score (nSPS) is 26.4. The number of piperazine rings is 1.